The Labute approximate surface area is 153 Å². The number of hydrogen-bond acceptors (Lipinski definition) is 4. The normalized spacial score (nSPS) is 14.2. The van der Waals surface area contributed by atoms with Gasteiger partial charge in [0.2, 0.25) is 11.8 Å². The van der Waals surface area contributed by atoms with Crippen LogP contribution in [0.2, 0.25) is 0 Å². The molecule has 0 saturated carbocycles. The molecule has 1 aliphatic heterocycles. The minimum atomic E-state index is -0.161. The van der Waals surface area contributed by atoms with Gasteiger partial charge in [0.05, 0.1) is 13.0 Å². The highest BCUT2D eigenvalue weighted by Crippen LogP contribution is 2.15. The van der Waals surface area contributed by atoms with E-state index >= 15 is 0 Å². The molecule has 2 aromatic carbocycles. The van der Waals surface area contributed by atoms with Crippen LogP contribution in [0.25, 0.3) is 0 Å². The molecule has 0 radical (unpaired) electrons. The highest BCUT2D eigenvalue weighted by Gasteiger charge is 2.21. The highest BCUT2D eigenvalue weighted by molar-refractivity contribution is 5.86. The third-order valence-corrected chi connectivity index (χ3v) is 4.53. The summed E-state index contributed by atoms with van der Waals surface area (Å²) in [5.41, 5.74) is 8.35. The van der Waals surface area contributed by atoms with E-state index in [2.05, 4.69) is 22.3 Å². The van der Waals surface area contributed by atoms with Crippen molar-refractivity contribution in [3.63, 3.8) is 0 Å². The van der Waals surface area contributed by atoms with Crippen molar-refractivity contribution in [1.82, 2.24) is 10.2 Å². The average molecular weight is 352 g/mol. The summed E-state index contributed by atoms with van der Waals surface area (Å²) in [6.07, 6.45) is 0.245. The second kappa shape index (κ2) is 8.38. The van der Waals surface area contributed by atoms with Crippen LogP contribution in [-0.4, -0.2) is 49.4 Å². The minimum absolute atomic E-state index is 0.0385. The van der Waals surface area contributed by atoms with E-state index in [0.29, 0.717) is 18.8 Å². The topological polar surface area (TPSA) is 78.7 Å². The van der Waals surface area contributed by atoms with Crippen molar-refractivity contribution in [3.05, 3.63) is 60.2 Å². The average Bonchev–Trinajstić information content (AvgIpc) is 2.69. The van der Waals surface area contributed by atoms with E-state index in [1.165, 1.54) is 5.69 Å². The van der Waals surface area contributed by atoms with Crippen LogP contribution in [0.4, 0.5) is 11.4 Å². The number of anilines is 2. The number of nitrogens with two attached hydrogens (primary N) is 1. The van der Waals surface area contributed by atoms with Gasteiger partial charge in [-0.15, -0.1) is 0 Å². The first-order valence-electron chi connectivity index (χ1n) is 8.81. The number of hydrogen-bond donors (Lipinski definition) is 2. The van der Waals surface area contributed by atoms with Crippen molar-refractivity contribution in [2.45, 2.75) is 6.42 Å². The van der Waals surface area contributed by atoms with E-state index in [1.807, 2.05) is 35.2 Å². The van der Waals surface area contributed by atoms with Crippen LogP contribution in [0.3, 0.4) is 0 Å². The van der Waals surface area contributed by atoms with Gasteiger partial charge in [0, 0.05) is 37.6 Å². The van der Waals surface area contributed by atoms with Gasteiger partial charge in [0.15, 0.2) is 0 Å². The fourth-order valence-electron chi connectivity index (χ4n) is 3.02. The number of nitrogen functional groups attached to an aromatic ring is 1. The Kier molecular flexibility index (Phi) is 5.73. The predicted molar refractivity (Wildman–Crippen MR) is 103 cm³/mol. The van der Waals surface area contributed by atoms with E-state index in [0.717, 1.165) is 18.7 Å². The molecule has 0 bridgehead atoms. The number of amides is 2. The maximum absolute atomic E-state index is 12.3. The van der Waals surface area contributed by atoms with Gasteiger partial charge in [0.25, 0.3) is 0 Å². The lowest BCUT2D eigenvalue weighted by Crippen LogP contribution is -2.51. The first kappa shape index (κ1) is 17.8. The molecule has 1 saturated heterocycles. The lowest BCUT2D eigenvalue weighted by molar-refractivity contribution is -0.133. The van der Waals surface area contributed by atoms with Gasteiger partial charge in [-0.2, -0.15) is 0 Å². The van der Waals surface area contributed by atoms with Crippen LogP contribution in [0.5, 0.6) is 0 Å². The zero-order valence-corrected chi connectivity index (χ0v) is 14.7. The number of rotatable bonds is 5. The molecule has 0 atom stereocenters. The van der Waals surface area contributed by atoms with E-state index in [-0.39, 0.29) is 24.8 Å². The van der Waals surface area contributed by atoms with Gasteiger partial charge in [-0.3, -0.25) is 9.59 Å². The monoisotopic (exact) mass is 352 g/mol. The zero-order chi connectivity index (χ0) is 18.4. The second-order valence-corrected chi connectivity index (χ2v) is 6.40. The van der Waals surface area contributed by atoms with Gasteiger partial charge in [-0.25, -0.2) is 0 Å². The summed E-state index contributed by atoms with van der Waals surface area (Å²) in [5, 5.41) is 2.71. The number of carbonyl (C=O) groups excluding carboxylic acids is 2. The van der Waals surface area contributed by atoms with Crippen LogP contribution in [0, 0.1) is 0 Å². The Balaban J connectivity index is 1.41. The Morgan fingerprint density at radius 3 is 2.23 bits per heavy atom. The molecule has 1 heterocycles. The van der Waals surface area contributed by atoms with Crippen molar-refractivity contribution >= 4 is 23.2 Å². The van der Waals surface area contributed by atoms with E-state index in [4.69, 9.17) is 5.73 Å². The largest absolute Gasteiger partial charge is 0.399 e. The standard InChI is InChI=1S/C20H24N4O2/c21-17-8-6-16(7-9-17)14-19(25)22-15-20(26)24-12-10-23(11-13-24)18-4-2-1-3-5-18/h1-9H,10-15,21H2,(H,22,25). The fraction of sp³-hybridized carbons (Fsp3) is 0.300. The molecule has 2 amide bonds. The van der Waals surface area contributed by atoms with Gasteiger partial charge < -0.3 is 20.9 Å². The number of nitrogens with zero attached hydrogens (tertiary/aromatic N) is 2. The smallest absolute Gasteiger partial charge is 0.242 e. The summed E-state index contributed by atoms with van der Waals surface area (Å²) in [6, 6.07) is 17.4. The summed E-state index contributed by atoms with van der Waals surface area (Å²) in [6.45, 7) is 2.98. The summed E-state index contributed by atoms with van der Waals surface area (Å²) >= 11 is 0. The van der Waals surface area contributed by atoms with Crippen LogP contribution in [-0.2, 0) is 16.0 Å². The molecule has 26 heavy (non-hydrogen) atoms. The van der Waals surface area contributed by atoms with Crippen LogP contribution >= 0.6 is 0 Å². The maximum atomic E-state index is 12.3. The molecule has 1 aliphatic rings. The summed E-state index contributed by atoms with van der Waals surface area (Å²) in [7, 11) is 0. The molecule has 1 fully saturated rings. The Bertz CT molecular complexity index is 738. The quantitative estimate of drug-likeness (QED) is 0.795. The Morgan fingerprint density at radius 1 is 0.923 bits per heavy atom. The fourth-order valence-corrected chi connectivity index (χ4v) is 3.02. The number of para-hydroxylation sites is 1. The summed E-state index contributed by atoms with van der Waals surface area (Å²) in [5.74, 6) is -0.200. The molecule has 3 N–H and O–H groups in total. The van der Waals surface area contributed by atoms with Crippen LogP contribution < -0.4 is 16.0 Å². The number of benzene rings is 2. The van der Waals surface area contributed by atoms with Crippen molar-refractivity contribution in [3.8, 4) is 0 Å². The maximum Gasteiger partial charge on any atom is 0.242 e. The lowest BCUT2D eigenvalue weighted by atomic mass is 10.1. The van der Waals surface area contributed by atoms with Crippen molar-refractivity contribution in [1.29, 1.82) is 0 Å². The number of nitrogens with one attached hydrogen (secondary N) is 1. The van der Waals surface area contributed by atoms with Gasteiger partial charge in [0.1, 0.15) is 0 Å². The van der Waals surface area contributed by atoms with Crippen molar-refractivity contribution < 1.29 is 9.59 Å². The molecule has 0 aromatic heterocycles. The third kappa shape index (κ3) is 4.75. The number of piperazine rings is 1. The zero-order valence-electron chi connectivity index (χ0n) is 14.7. The molecule has 6 heteroatoms. The Morgan fingerprint density at radius 2 is 1.58 bits per heavy atom. The summed E-state index contributed by atoms with van der Waals surface area (Å²) < 4.78 is 0. The molecule has 0 spiro atoms. The van der Waals surface area contributed by atoms with E-state index in [1.54, 1.807) is 12.1 Å². The van der Waals surface area contributed by atoms with Gasteiger partial charge in [-0.05, 0) is 29.8 Å². The van der Waals surface area contributed by atoms with Crippen LogP contribution in [0.15, 0.2) is 54.6 Å². The SMILES string of the molecule is Nc1ccc(CC(=O)NCC(=O)N2CCN(c3ccccc3)CC2)cc1. The van der Waals surface area contributed by atoms with Crippen molar-refractivity contribution in [2.75, 3.05) is 43.4 Å². The molecule has 2 aromatic rings. The molecule has 136 valence electrons. The molecule has 6 nitrogen and oxygen atoms in total. The van der Waals surface area contributed by atoms with Crippen LogP contribution in [0.1, 0.15) is 5.56 Å². The molecule has 0 unspecified atom stereocenters. The van der Waals surface area contributed by atoms with Gasteiger partial charge in [-0.1, -0.05) is 30.3 Å². The molecule has 3 rings (SSSR count). The lowest BCUT2D eigenvalue weighted by Gasteiger charge is -2.36. The third-order valence-electron chi connectivity index (χ3n) is 4.53. The van der Waals surface area contributed by atoms with E-state index in [9.17, 15) is 9.59 Å². The van der Waals surface area contributed by atoms with E-state index < -0.39 is 0 Å². The highest BCUT2D eigenvalue weighted by atomic mass is 16.2. The Hall–Kier alpha value is -3.02. The van der Waals surface area contributed by atoms with Crippen molar-refractivity contribution in [2.24, 2.45) is 0 Å². The first-order valence-corrected chi connectivity index (χ1v) is 8.81. The predicted octanol–water partition coefficient (Wildman–Crippen LogP) is 1.28. The first-order chi connectivity index (χ1) is 12.6. The summed E-state index contributed by atoms with van der Waals surface area (Å²) in [4.78, 5) is 28.4. The second-order valence-electron chi connectivity index (χ2n) is 6.40. The molecular weight excluding hydrogens is 328 g/mol. The molecular formula is C20H24N4O2. The molecule has 0 aliphatic carbocycles. The minimum Gasteiger partial charge on any atom is -0.399 e. The van der Waals surface area contributed by atoms with Gasteiger partial charge >= 0.3 is 0 Å². The number of carbonyl (C=O) groups is 2.